The first-order valence-electron chi connectivity index (χ1n) is 3.78. The first kappa shape index (κ1) is 8.18. The SMILES string of the molecule is Nc1cc(F)nc(OC2COC2)n1. The first-order valence-corrected chi connectivity index (χ1v) is 3.78. The van der Waals surface area contributed by atoms with Gasteiger partial charge < -0.3 is 15.2 Å². The second-order valence-electron chi connectivity index (χ2n) is 2.68. The fourth-order valence-electron chi connectivity index (χ4n) is 0.897. The zero-order valence-electron chi connectivity index (χ0n) is 6.74. The molecule has 0 aliphatic carbocycles. The topological polar surface area (TPSA) is 70.3 Å². The average Bonchev–Trinajstić information content (AvgIpc) is 1.95. The molecule has 1 aromatic rings. The molecule has 0 amide bonds. The Morgan fingerprint density at radius 1 is 1.54 bits per heavy atom. The lowest BCUT2D eigenvalue weighted by Gasteiger charge is -2.25. The number of hydrogen-bond donors (Lipinski definition) is 1. The molecule has 2 heterocycles. The van der Waals surface area contributed by atoms with Gasteiger partial charge in [-0.25, -0.2) is 0 Å². The van der Waals surface area contributed by atoms with Gasteiger partial charge in [-0.2, -0.15) is 14.4 Å². The first-order chi connectivity index (χ1) is 6.24. The highest BCUT2D eigenvalue weighted by molar-refractivity contribution is 5.27. The number of rotatable bonds is 2. The van der Waals surface area contributed by atoms with Crippen LogP contribution in [-0.2, 0) is 4.74 Å². The molecule has 1 aromatic heterocycles. The lowest BCUT2D eigenvalue weighted by Crippen LogP contribution is -2.39. The zero-order valence-corrected chi connectivity index (χ0v) is 6.74. The molecule has 1 aliphatic rings. The maximum atomic E-state index is 12.7. The molecule has 0 aromatic carbocycles. The summed E-state index contributed by atoms with van der Waals surface area (Å²) in [4.78, 5) is 7.12. The van der Waals surface area contributed by atoms with Crippen molar-refractivity contribution in [2.45, 2.75) is 6.10 Å². The number of anilines is 1. The number of aromatic nitrogens is 2. The average molecular weight is 185 g/mol. The molecule has 0 atom stereocenters. The van der Waals surface area contributed by atoms with Gasteiger partial charge in [0.1, 0.15) is 11.9 Å². The summed E-state index contributed by atoms with van der Waals surface area (Å²) in [6.45, 7) is 0.972. The molecule has 0 bridgehead atoms. The molecular weight excluding hydrogens is 177 g/mol. The van der Waals surface area contributed by atoms with Crippen LogP contribution in [0.1, 0.15) is 0 Å². The van der Waals surface area contributed by atoms with E-state index >= 15 is 0 Å². The van der Waals surface area contributed by atoms with Gasteiger partial charge in [-0.05, 0) is 0 Å². The Kier molecular flexibility index (Phi) is 1.97. The molecule has 0 unspecified atom stereocenters. The van der Waals surface area contributed by atoms with Crippen LogP contribution in [0.5, 0.6) is 6.01 Å². The summed E-state index contributed by atoms with van der Waals surface area (Å²) in [5, 5.41) is 0. The van der Waals surface area contributed by atoms with Crippen LogP contribution in [0.25, 0.3) is 0 Å². The molecule has 6 heteroatoms. The second-order valence-corrected chi connectivity index (χ2v) is 2.68. The molecule has 0 spiro atoms. The molecule has 5 nitrogen and oxygen atoms in total. The van der Waals surface area contributed by atoms with Crippen LogP contribution in [0, 0.1) is 5.95 Å². The molecule has 1 fully saturated rings. The van der Waals surface area contributed by atoms with Crippen LogP contribution in [-0.4, -0.2) is 29.3 Å². The Balaban J connectivity index is 2.10. The molecule has 1 aliphatic heterocycles. The molecule has 0 radical (unpaired) electrons. The van der Waals surface area contributed by atoms with Crippen LogP contribution in [0.2, 0.25) is 0 Å². The number of nitrogens with two attached hydrogens (primary N) is 1. The molecule has 2 N–H and O–H groups in total. The Bertz CT molecular complexity index is 296. The third kappa shape index (κ3) is 1.83. The van der Waals surface area contributed by atoms with E-state index in [1.807, 2.05) is 0 Å². The van der Waals surface area contributed by atoms with Crippen LogP contribution in [0.15, 0.2) is 6.07 Å². The van der Waals surface area contributed by atoms with E-state index in [1.165, 1.54) is 0 Å². The minimum atomic E-state index is -0.692. The van der Waals surface area contributed by atoms with E-state index in [2.05, 4.69) is 9.97 Å². The molecule has 13 heavy (non-hydrogen) atoms. The quantitative estimate of drug-likeness (QED) is 0.655. The van der Waals surface area contributed by atoms with Crippen molar-refractivity contribution >= 4 is 5.82 Å². The fraction of sp³-hybridized carbons (Fsp3) is 0.429. The largest absolute Gasteiger partial charge is 0.455 e. The predicted octanol–water partition coefficient (Wildman–Crippen LogP) is -0.0245. The summed E-state index contributed by atoms with van der Waals surface area (Å²) in [6, 6.07) is 0.996. The van der Waals surface area contributed by atoms with Crippen LogP contribution in [0.4, 0.5) is 10.2 Å². The van der Waals surface area contributed by atoms with Crippen LogP contribution >= 0.6 is 0 Å². The predicted molar refractivity (Wildman–Crippen MR) is 41.6 cm³/mol. The maximum Gasteiger partial charge on any atom is 0.321 e. The summed E-state index contributed by atoms with van der Waals surface area (Å²) in [5.41, 5.74) is 5.29. The third-order valence-electron chi connectivity index (χ3n) is 1.57. The molecular formula is C7H8FN3O2. The van der Waals surface area contributed by atoms with Gasteiger partial charge in [0.25, 0.3) is 0 Å². The van der Waals surface area contributed by atoms with Crippen molar-refractivity contribution < 1.29 is 13.9 Å². The summed E-state index contributed by atoms with van der Waals surface area (Å²) in [5.74, 6) is -0.634. The van der Waals surface area contributed by atoms with E-state index in [0.29, 0.717) is 13.2 Å². The lowest BCUT2D eigenvalue weighted by molar-refractivity contribution is -0.0833. The smallest absolute Gasteiger partial charge is 0.321 e. The van der Waals surface area contributed by atoms with Crippen LogP contribution in [0.3, 0.4) is 0 Å². The number of nitrogen functional groups attached to an aromatic ring is 1. The maximum absolute atomic E-state index is 12.7. The van der Waals surface area contributed by atoms with Crippen molar-refractivity contribution in [3.05, 3.63) is 12.0 Å². The van der Waals surface area contributed by atoms with Crippen LogP contribution < -0.4 is 10.5 Å². The number of hydrogen-bond acceptors (Lipinski definition) is 5. The molecule has 0 saturated carbocycles. The van der Waals surface area contributed by atoms with Gasteiger partial charge in [-0.15, -0.1) is 0 Å². The summed E-state index contributed by atoms with van der Waals surface area (Å²) >= 11 is 0. The third-order valence-corrected chi connectivity index (χ3v) is 1.57. The molecule has 1 saturated heterocycles. The van der Waals surface area contributed by atoms with Gasteiger partial charge in [-0.3, -0.25) is 0 Å². The Hall–Kier alpha value is -1.43. The Morgan fingerprint density at radius 2 is 2.31 bits per heavy atom. The molecule has 2 rings (SSSR count). The highest BCUT2D eigenvalue weighted by atomic mass is 19.1. The lowest BCUT2D eigenvalue weighted by atomic mass is 10.3. The second kappa shape index (κ2) is 3.14. The van der Waals surface area contributed by atoms with Crippen molar-refractivity contribution in [2.24, 2.45) is 0 Å². The Labute approximate surface area is 73.7 Å². The van der Waals surface area contributed by atoms with Crippen molar-refractivity contribution in [1.82, 2.24) is 9.97 Å². The summed E-state index contributed by atoms with van der Waals surface area (Å²) in [7, 11) is 0. The van der Waals surface area contributed by atoms with Crippen molar-refractivity contribution in [3.8, 4) is 6.01 Å². The normalized spacial score (nSPS) is 16.7. The minimum absolute atomic E-state index is 0.0363. The van der Waals surface area contributed by atoms with Crippen molar-refractivity contribution in [2.75, 3.05) is 18.9 Å². The number of nitrogens with zero attached hydrogens (tertiary/aromatic N) is 2. The van der Waals surface area contributed by atoms with Gasteiger partial charge in [0, 0.05) is 6.07 Å². The zero-order chi connectivity index (χ0) is 9.26. The highest BCUT2D eigenvalue weighted by Gasteiger charge is 2.21. The van der Waals surface area contributed by atoms with E-state index in [4.69, 9.17) is 15.2 Å². The van der Waals surface area contributed by atoms with E-state index < -0.39 is 5.95 Å². The van der Waals surface area contributed by atoms with Crippen molar-refractivity contribution in [1.29, 1.82) is 0 Å². The van der Waals surface area contributed by atoms with Gasteiger partial charge in [0.2, 0.25) is 5.95 Å². The minimum Gasteiger partial charge on any atom is -0.455 e. The highest BCUT2D eigenvalue weighted by Crippen LogP contribution is 2.12. The standard InChI is InChI=1S/C7H8FN3O2/c8-5-1-6(9)11-7(10-5)13-4-2-12-3-4/h1,4H,2-3H2,(H2,9,10,11). The number of ether oxygens (including phenoxy) is 2. The molecule has 70 valence electrons. The van der Waals surface area contributed by atoms with Gasteiger partial charge >= 0.3 is 6.01 Å². The van der Waals surface area contributed by atoms with Crippen molar-refractivity contribution in [3.63, 3.8) is 0 Å². The monoisotopic (exact) mass is 185 g/mol. The van der Waals surface area contributed by atoms with Gasteiger partial charge in [0.05, 0.1) is 13.2 Å². The van der Waals surface area contributed by atoms with Gasteiger partial charge in [0.15, 0.2) is 0 Å². The van der Waals surface area contributed by atoms with E-state index in [0.717, 1.165) is 6.07 Å². The van der Waals surface area contributed by atoms with E-state index in [9.17, 15) is 4.39 Å². The fourth-order valence-corrected chi connectivity index (χ4v) is 0.897. The van der Waals surface area contributed by atoms with Gasteiger partial charge in [-0.1, -0.05) is 0 Å². The summed E-state index contributed by atoms with van der Waals surface area (Å²) in [6.07, 6.45) is -0.0822. The number of halogens is 1. The van der Waals surface area contributed by atoms with E-state index in [1.54, 1.807) is 0 Å². The summed E-state index contributed by atoms with van der Waals surface area (Å²) < 4.78 is 22.7. The van der Waals surface area contributed by atoms with E-state index in [-0.39, 0.29) is 17.9 Å². The Morgan fingerprint density at radius 3 is 2.85 bits per heavy atom.